The third-order valence-corrected chi connectivity index (χ3v) is 4.16. The van der Waals surface area contributed by atoms with Gasteiger partial charge in [-0.2, -0.15) is 0 Å². The van der Waals surface area contributed by atoms with E-state index in [0.29, 0.717) is 0 Å². The second kappa shape index (κ2) is 6.97. The fraction of sp³-hybridized carbons (Fsp3) is 0.533. The third kappa shape index (κ3) is 3.89. The Morgan fingerprint density at radius 2 is 2.05 bits per heavy atom. The predicted octanol–water partition coefficient (Wildman–Crippen LogP) is 2.66. The summed E-state index contributed by atoms with van der Waals surface area (Å²) in [6, 6.07) is 4.18. The number of fused-ring (bicyclic) bond motifs is 1. The number of likely N-dealkylation sites (tertiary alicyclic amines) is 1. The summed E-state index contributed by atoms with van der Waals surface area (Å²) in [5.41, 5.74) is 9.57. The number of hydrogen-bond acceptors (Lipinski definition) is 3. The smallest absolute Gasteiger partial charge is 0.137 e. The Kier molecular flexibility index (Phi) is 6.05. The first kappa shape index (κ1) is 18.2. The molecule has 0 aromatic carbocycles. The monoisotopic (exact) mass is 330 g/mol. The summed E-state index contributed by atoms with van der Waals surface area (Å²) < 4.78 is 2.11. The molecule has 2 aromatic rings. The highest BCUT2D eigenvalue weighted by Crippen LogP contribution is 2.29. The largest absolute Gasteiger partial charge is 0.330 e. The van der Waals surface area contributed by atoms with Crippen molar-refractivity contribution in [2.75, 3.05) is 19.6 Å². The summed E-state index contributed by atoms with van der Waals surface area (Å²) in [6.07, 6.45) is 5.45. The molecule has 1 fully saturated rings. The maximum absolute atomic E-state index is 5.86. The van der Waals surface area contributed by atoms with Crippen LogP contribution in [0.3, 0.4) is 0 Å². The second-order valence-electron chi connectivity index (χ2n) is 6.18. The molecule has 1 aliphatic heterocycles. The number of aryl methyl sites for hydroxylation is 1. The lowest BCUT2D eigenvalue weighted by Crippen LogP contribution is -2.31. The molecule has 1 unspecified atom stereocenters. The number of hydrogen-bond donors (Lipinski definition) is 1. The molecule has 0 spiro atoms. The van der Waals surface area contributed by atoms with Crippen molar-refractivity contribution in [3.05, 3.63) is 35.8 Å². The van der Waals surface area contributed by atoms with E-state index >= 15 is 0 Å². The number of nitrogens with two attached hydrogens (primary N) is 1. The van der Waals surface area contributed by atoms with Gasteiger partial charge in [0, 0.05) is 25.5 Å². The van der Waals surface area contributed by atoms with Crippen molar-refractivity contribution in [1.29, 1.82) is 0 Å². The molecule has 0 aliphatic carbocycles. The summed E-state index contributed by atoms with van der Waals surface area (Å²) in [4.78, 5) is 7.14. The molecule has 21 heavy (non-hydrogen) atoms. The van der Waals surface area contributed by atoms with Crippen molar-refractivity contribution in [2.24, 2.45) is 11.1 Å². The van der Waals surface area contributed by atoms with Gasteiger partial charge < -0.3 is 10.1 Å². The molecule has 0 radical (unpaired) electrons. The van der Waals surface area contributed by atoms with Crippen molar-refractivity contribution in [3.8, 4) is 0 Å². The van der Waals surface area contributed by atoms with Gasteiger partial charge in [-0.15, -0.1) is 24.8 Å². The average Bonchev–Trinajstić information content (AvgIpc) is 2.93. The molecule has 2 aromatic heterocycles. The molecule has 4 nitrogen and oxygen atoms in total. The van der Waals surface area contributed by atoms with Crippen molar-refractivity contribution < 1.29 is 0 Å². The number of halogens is 2. The molecule has 0 amide bonds. The highest BCUT2D eigenvalue weighted by atomic mass is 35.5. The maximum atomic E-state index is 5.86. The van der Waals surface area contributed by atoms with Crippen LogP contribution in [0.5, 0.6) is 0 Å². The molecular formula is C15H24Cl2N4. The second-order valence-corrected chi connectivity index (χ2v) is 6.18. The Labute approximate surface area is 138 Å². The quantitative estimate of drug-likeness (QED) is 0.941. The first-order valence-electron chi connectivity index (χ1n) is 6.95. The number of aromatic nitrogens is 2. The minimum atomic E-state index is 0. The van der Waals surface area contributed by atoms with Gasteiger partial charge in [-0.05, 0) is 43.5 Å². The summed E-state index contributed by atoms with van der Waals surface area (Å²) in [5.74, 6) is 0. The molecule has 118 valence electrons. The molecular weight excluding hydrogens is 307 g/mol. The Morgan fingerprint density at radius 1 is 1.29 bits per heavy atom. The number of rotatable bonds is 3. The van der Waals surface area contributed by atoms with Gasteiger partial charge in [-0.1, -0.05) is 13.0 Å². The predicted molar refractivity (Wildman–Crippen MR) is 91.5 cm³/mol. The highest BCUT2D eigenvalue weighted by Gasteiger charge is 2.32. The molecule has 0 bridgehead atoms. The van der Waals surface area contributed by atoms with Crippen molar-refractivity contribution in [1.82, 2.24) is 14.3 Å². The molecule has 3 rings (SSSR count). The SMILES string of the molecule is Cc1ccc2nc(CN3CCC(C)(CN)C3)cn2c1.Cl.Cl. The van der Waals surface area contributed by atoms with Crippen LogP contribution in [0.1, 0.15) is 24.6 Å². The summed E-state index contributed by atoms with van der Waals surface area (Å²) in [6.45, 7) is 8.29. The van der Waals surface area contributed by atoms with Crippen molar-refractivity contribution in [2.45, 2.75) is 26.8 Å². The lowest BCUT2D eigenvalue weighted by Gasteiger charge is -2.22. The highest BCUT2D eigenvalue weighted by molar-refractivity contribution is 5.85. The first-order valence-corrected chi connectivity index (χ1v) is 6.95. The summed E-state index contributed by atoms with van der Waals surface area (Å²) >= 11 is 0. The zero-order chi connectivity index (χ0) is 13.5. The van der Waals surface area contributed by atoms with Gasteiger partial charge in [0.1, 0.15) is 5.65 Å². The van der Waals surface area contributed by atoms with Crippen LogP contribution in [0.25, 0.3) is 5.65 Å². The van der Waals surface area contributed by atoms with Gasteiger partial charge in [0.15, 0.2) is 0 Å². The summed E-state index contributed by atoms with van der Waals surface area (Å²) in [5, 5.41) is 0. The van der Waals surface area contributed by atoms with Crippen LogP contribution >= 0.6 is 24.8 Å². The third-order valence-electron chi connectivity index (χ3n) is 4.16. The van der Waals surface area contributed by atoms with Crippen molar-refractivity contribution >= 4 is 30.5 Å². The fourth-order valence-corrected chi connectivity index (χ4v) is 2.89. The van der Waals surface area contributed by atoms with Crippen LogP contribution in [0.4, 0.5) is 0 Å². The van der Waals surface area contributed by atoms with Crippen LogP contribution in [0.15, 0.2) is 24.5 Å². The molecule has 1 atom stereocenters. The van der Waals surface area contributed by atoms with E-state index in [1.54, 1.807) is 0 Å². The zero-order valence-corrected chi connectivity index (χ0v) is 14.2. The van der Waals surface area contributed by atoms with Crippen LogP contribution < -0.4 is 5.73 Å². The van der Waals surface area contributed by atoms with Crippen LogP contribution in [-0.4, -0.2) is 33.9 Å². The topological polar surface area (TPSA) is 46.6 Å². The first-order chi connectivity index (χ1) is 9.08. The molecule has 1 aliphatic rings. The van der Waals surface area contributed by atoms with E-state index in [4.69, 9.17) is 5.73 Å². The standard InChI is InChI=1S/C15H22N4.2ClH/c1-12-3-4-14-17-13(9-19(14)7-12)8-18-6-5-15(2,10-16)11-18;;/h3-4,7,9H,5-6,8,10-11,16H2,1-2H3;2*1H. The molecule has 6 heteroatoms. The molecule has 1 saturated heterocycles. The van der Waals surface area contributed by atoms with E-state index in [9.17, 15) is 0 Å². The van der Waals surface area contributed by atoms with Crippen LogP contribution in [-0.2, 0) is 6.54 Å². The fourth-order valence-electron chi connectivity index (χ4n) is 2.89. The van der Waals surface area contributed by atoms with E-state index in [1.165, 1.54) is 12.0 Å². The molecule has 0 saturated carbocycles. The van der Waals surface area contributed by atoms with E-state index < -0.39 is 0 Å². The lowest BCUT2D eigenvalue weighted by molar-refractivity contribution is 0.272. The van der Waals surface area contributed by atoms with Crippen LogP contribution in [0.2, 0.25) is 0 Å². The van der Waals surface area contributed by atoms with Crippen LogP contribution in [0, 0.1) is 12.3 Å². The number of imidazole rings is 1. The van der Waals surface area contributed by atoms with Gasteiger partial charge in [-0.25, -0.2) is 4.98 Å². The Morgan fingerprint density at radius 3 is 2.71 bits per heavy atom. The molecule has 2 N–H and O–H groups in total. The minimum Gasteiger partial charge on any atom is -0.330 e. The Hall–Kier alpha value is -0.810. The number of pyridine rings is 1. The summed E-state index contributed by atoms with van der Waals surface area (Å²) in [7, 11) is 0. The zero-order valence-electron chi connectivity index (χ0n) is 12.6. The van der Waals surface area contributed by atoms with E-state index in [2.05, 4.69) is 52.7 Å². The van der Waals surface area contributed by atoms with Gasteiger partial charge in [0.25, 0.3) is 0 Å². The van der Waals surface area contributed by atoms with Gasteiger partial charge in [-0.3, -0.25) is 4.90 Å². The minimum absolute atomic E-state index is 0. The lowest BCUT2D eigenvalue weighted by atomic mass is 9.90. The molecule has 3 heterocycles. The maximum Gasteiger partial charge on any atom is 0.137 e. The average molecular weight is 331 g/mol. The van der Waals surface area contributed by atoms with Gasteiger partial charge in [0.2, 0.25) is 0 Å². The van der Waals surface area contributed by atoms with E-state index in [-0.39, 0.29) is 30.2 Å². The van der Waals surface area contributed by atoms with Crippen molar-refractivity contribution in [3.63, 3.8) is 0 Å². The van der Waals surface area contributed by atoms with Gasteiger partial charge in [0.05, 0.1) is 5.69 Å². The van der Waals surface area contributed by atoms with E-state index in [1.807, 2.05) is 0 Å². The Bertz CT molecular complexity index is 598. The van der Waals surface area contributed by atoms with Gasteiger partial charge >= 0.3 is 0 Å². The Balaban J connectivity index is 0.00000110. The normalized spacial score (nSPS) is 22.0. The van der Waals surface area contributed by atoms with E-state index in [0.717, 1.165) is 37.5 Å². The number of nitrogens with zero attached hydrogens (tertiary/aromatic N) is 3.